The number of sulfonamides is 1. The maximum atomic E-state index is 12.6. The summed E-state index contributed by atoms with van der Waals surface area (Å²) in [6, 6.07) is 9.20. The summed E-state index contributed by atoms with van der Waals surface area (Å²) in [5.41, 5.74) is 0.202. The molecule has 0 atom stereocenters. The molecule has 0 radical (unpaired) electrons. The van der Waals surface area contributed by atoms with Crippen LogP contribution in [0.1, 0.15) is 32.3 Å². The van der Waals surface area contributed by atoms with Crippen molar-refractivity contribution < 1.29 is 18.1 Å². The van der Waals surface area contributed by atoms with Gasteiger partial charge in [-0.2, -0.15) is 4.31 Å². The number of nitrogens with one attached hydrogen (secondary N) is 2. The van der Waals surface area contributed by atoms with Gasteiger partial charge in [-0.05, 0) is 18.4 Å². The summed E-state index contributed by atoms with van der Waals surface area (Å²) >= 11 is 0. The van der Waals surface area contributed by atoms with Gasteiger partial charge in [0.2, 0.25) is 10.0 Å². The molecule has 0 aliphatic carbocycles. The molecule has 1 saturated heterocycles. The molecule has 1 aromatic carbocycles. The van der Waals surface area contributed by atoms with Crippen molar-refractivity contribution in [3.63, 3.8) is 0 Å². The topological polar surface area (TPSA) is 70.9 Å². The van der Waals surface area contributed by atoms with E-state index < -0.39 is 15.6 Å². The van der Waals surface area contributed by atoms with Gasteiger partial charge in [0, 0.05) is 0 Å². The first-order chi connectivity index (χ1) is 12.8. The van der Waals surface area contributed by atoms with Crippen LogP contribution in [0.4, 0.5) is 0 Å². The van der Waals surface area contributed by atoms with Crippen LogP contribution in [0.5, 0.6) is 0 Å². The number of terminal acetylenes is 1. The Bertz CT molecular complexity index is 759. The van der Waals surface area contributed by atoms with E-state index in [1.165, 1.54) is 4.31 Å². The van der Waals surface area contributed by atoms with Crippen molar-refractivity contribution in [3.8, 4) is 12.3 Å². The van der Waals surface area contributed by atoms with Gasteiger partial charge in [0.1, 0.15) is 5.54 Å². The fourth-order valence-corrected chi connectivity index (χ4v) is 4.87. The van der Waals surface area contributed by atoms with Crippen LogP contribution in [0.2, 0.25) is 0 Å². The summed E-state index contributed by atoms with van der Waals surface area (Å²) in [5.74, 6) is 2.64. The zero-order chi connectivity index (χ0) is 19.9. The minimum atomic E-state index is -3.34. The second kappa shape index (κ2) is 9.36. The zero-order valence-electron chi connectivity index (χ0n) is 16.2. The van der Waals surface area contributed by atoms with Gasteiger partial charge in [0.15, 0.2) is 6.54 Å². The molecular formula is C20H30N3O3S+. The van der Waals surface area contributed by atoms with Crippen LogP contribution >= 0.6 is 0 Å². The highest BCUT2D eigenvalue weighted by Gasteiger charge is 2.31. The Morgan fingerprint density at radius 2 is 1.81 bits per heavy atom. The Balaban J connectivity index is 1.86. The lowest BCUT2D eigenvalue weighted by molar-refractivity contribution is -0.895. The molecule has 1 aromatic rings. The minimum Gasteiger partial charge on any atom is -0.335 e. The van der Waals surface area contributed by atoms with Gasteiger partial charge in [-0.15, -0.1) is 6.42 Å². The Labute approximate surface area is 163 Å². The lowest BCUT2D eigenvalue weighted by Gasteiger charge is -2.32. The third kappa shape index (κ3) is 5.80. The molecule has 1 heterocycles. The molecule has 27 heavy (non-hydrogen) atoms. The predicted molar refractivity (Wildman–Crippen MR) is 106 cm³/mol. The highest BCUT2D eigenvalue weighted by atomic mass is 32.2. The maximum absolute atomic E-state index is 12.6. The third-order valence-electron chi connectivity index (χ3n) is 5.29. The maximum Gasteiger partial charge on any atom is 0.276 e. The molecule has 0 aromatic heterocycles. The number of rotatable bonds is 8. The highest BCUT2D eigenvalue weighted by molar-refractivity contribution is 7.88. The normalized spacial score (nSPS) is 16.6. The SMILES string of the molecule is C#CC(CC)(CC)NC(=O)C[NH+]1CCN(S(=O)(=O)Cc2ccccc2)CC1. The van der Waals surface area contributed by atoms with Crippen LogP contribution in [0.15, 0.2) is 30.3 Å². The number of carbonyl (C=O) groups is 1. The first-order valence-electron chi connectivity index (χ1n) is 9.48. The smallest absolute Gasteiger partial charge is 0.276 e. The average Bonchev–Trinajstić information content (AvgIpc) is 2.67. The monoisotopic (exact) mass is 392 g/mol. The lowest BCUT2D eigenvalue weighted by Crippen LogP contribution is -3.16. The van der Waals surface area contributed by atoms with Crippen LogP contribution in [0.25, 0.3) is 0 Å². The van der Waals surface area contributed by atoms with Gasteiger partial charge in [0.25, 0.3) is 5.91 Å². The number of amides is 1. The first-order valence-corrected chi connectivity index (χ1v) is 11.1. The van der Waals surface area contributed by atoms with Gasteiger partial charge in [-0.25, -0.2) is 8.42 Å². The lowest BCUT2D eigenvalue weighted by atomic mass is 9.94. The van der Waals surface area contributed by atoms with E-state index in [4.69, 9.17) is 6.42 Å². The van der Waals surface area contributed by atoms with E-state index in [0.29, 0.717) is 45.6 Å². The van der Waals surface area contributed by atoms with Crippen molar-refractivity contribution in [1.82, 2.24) is 9.62 Å². The van der Waals surface area contributed by atoms with E-state index in [1.807, 2.05) is 44.2 Å². The second-order valence-corrected chi connectivity index (χ2v) is 9.02. The number of hydrogen-bond donors (Lipinski definition) is 2. The number of carbonyl (C=O) groups excluding carboxylic acids is 1. The van der Waals surface area contributed by atoms with Crippen LogP contribution in [0.3, 0.4) is 0 Å². The van der Waals surface area contributed by atoms with Crippen molar-refractivity contribution >= 4 is 15.9 Å². The van der Waals surface area contributed by atoms with Crippen molar-refractivity contribution in [2.24, 2.45) is 0 Å². The first kappa shape index (κ1) is 21.4. The number of hydrogen-bond acceptors (Lipinski definition) is 3. The van der Waals surface area contributed by atoms with Crippen molar-refractivity contribution in [3.05, 3.63) is 35.9 Å². The summed E-state index contributed by atoms with van der Waals surface area (Å²) in [7, 11) is -3.34. The molecule has 1 amide bonds. The van der Waals surface area contributed by atoms with Crippen LogP contribution in [-0.4, -0.2) is 56.9 Å². The molecule has 0 unspecified atom stereocenters. The molecule has 1 aliphatic rings. The zero-order valence-corrected chi connectivity index (χ0v) is 17.0. The molecule has 1 fully saturated rings. The molecule has 0 spiro atoms. The summed E-state index contributed by atoms with van der Waals surface area (Å²) in [6.07, 6.45) is 6.97. The predicted octanol–water partition coefficient (Wildman–Crippen LogP) is 0.0251. The van der Waals surface area contributed by atoms with Crippen LogP contribution < -0.4 is 10.2 Å². The molecule has 148 valence electrons. The molecule has 0 saturated carbocycles. The van der Waals surface area contributed by atoms with Crippen molar-refractivity contribution in [2.45, 2.75) is 38.0 Å². The van der Waals surface area contributed by atoms with Crippen LogP contribution in [-0.2, 0) is 20.6 Å². The average molecular weight is 393 g/mol. The van der Waals surface area contributed by atoms with Gasteiger partial charge < -0.3 is 10.2 Å². The van der Waals surface area contributed by atoms with Gasteiger partial charge in [-0.1, -0.05) is 50.1 Å². The number of quaternary nitrogens is 1. The van der Waals surface area contributed by atoms with E-state index in [1.54, 1.807) is 0 Å². The Morgan fingerprint density at radius 1 is 1.22 bits per heavy atom. The van der Waals surface area contributed by atoms with E-state index in [2.05, 4.69) is 11.2 Å². The molecule has 2 rings (SSSR count). The summed E-state index contributed by atoms with van der Waals surface area (Å²) in [4.78, 5) is 13.4. The fourth-order valence-electron chi connectivity index (χ4n) is 3.34. The van der Waals surface area contributed by atoms with Gasteiger partial charge in [0.05, 0.1) is 31.9 Å². The van der Waals surface area contributed by atoms with E-state index >= 15 is 0 Å². The number of benzene rings is 1. The van der Waals surface area contributed by atoms with Crippen LogP contribution in [0, 0.1) is 12.3 Å². The van der Waals surface area contributed by atoms with E-state index in [-0.39, 0.29) is 11.7 Å². The van der Waals surface area contributed by atoms with Crippen molar-refractivity contribution in [2.75, 3.05) is 32.7 Å². The molecule has 6 nitrogen and oxygen atoms in total. The van der Waals surface area contributed by atoms with E-state index in [9.17, 15) is 13.2 Å². The van der Waals surface area contributed by atoms with Gasteiger partial charge >= 0.3 is 0 Å². The highest BCUT2D eigenvalue weighted by Crippen LogP contribution is 2.13. The third-order valence-corrected chi connectivity index (χ3v) is 7.14. The Kier molecular flexibility index (Phi) is 7.42. The molecule has 7 heteroatoms. The molecular weight excluding hydrogens is 362 g/mol. The Morgan fingerprint density at radius 3 is 2.33 bits per heavy atom. The van der Waals surface area contributed by atoms with Crippen molar-refractivity contribution in [1.29, 1.82) is 0 Å². The molecule has 2 N–H and O–H groups in total. The van der Waals surface area contributed by atoms with E-state index in [0.717, 1.165) is 10.5 Å². The largest absolute Gasteiger partial charge is 0.335 e. The Hall–Kier alpha value is -1.88. The molecule has 1 aliphatic heterocycles. The van der Waals surface area contributed by atoms with Gasteiger partial charge in [-0.3, -0.25) is 4.79 Å². The molecule has 0 bridgehead atoms. The second-order valence-electron chi connectivity index (χ2n) is 7.05. The minimum absolute atomic E-state index is 0.0152. The fraction of sp³-hybridized carbons (Fsp3) is 0.550. The number of piperazine rings is 1. The quantitative estimate of drug-likeness (QED) is 0.613. The standard InChI is InChI=1S/C20H29N3O3S/c1-4-20(5-2,6-3)21-19(24)16-22-12-14-23(15-13-22)27(25,26)17-18-10-8-7-9-11-18/h1,7-11H,5-6,12-17H2,2-3H3,(H,21,24)/p+1. The number of nitrogens with zero attached hydrogens (tertiary/aromatic N) is 1. The summed E-state index contributed by atoms with van der Waals surface area (Å²) < 4.78 is 26.7. The summed E-state index contributed by atoms with van der Waals surface area (Å²) in [6.45, 7) is 6.33. The summed E-state index contributed by atoms with van der Waals surface area (Å²) in [5, 5.41) is 2.97.